The molecule has 1 aromatic carbocycles. The Kier molecular flexibility index (Phi) is 5.24. The molecule has 3 heterocycles. The Morgan fingerprint density at radius 2 is 1.77 bits per heavy atom. The van der Waals surface area contributed by atoms with Gasteiger partial charge in [0.05, 0.1) is 0 Å². The molecule has 2 fully saturated rings. The van der Waals surface area contributed by atoms with Crippen molar-refractivity contribution in [2.24, 2.45) is 0 Å². The summed E-state index contributed by atoms with van der Waals surface area (Å²) in [5.41, 5.74) is 2.64. The number of sulfonamides is 1. The number of benzene rings is 1. The lowest BCUT2D eigenvalue weighted by atomic mass is 9.73. The largest absolute Gasteiger partial charge is 0.343 e. The van der Waals surface area contributed by atoms with Gasteiger partial charge in [0.2, 0.25) is 5.91 Å². The van der Waals surface area contributed by atoms with Gasteiger partial charge in [0.1, 0.15) is 4.21 Å². The van der Waals surface area contributed by atoms with Gasteiger partial charge in [0.15, 0.2) is 0 Å². The molecule has 0 radical (unpaired) electrons. The van der Waals surface area contributed by atoms with E-state index in [9.17, 15) is 13.2 Å². The van der Waals surface area contributed by atoms with Crippen LogP contribution in [0.25, 0.3) is 0 Å². The number of likely N-dealkylation sites (tertiary alicyclic amines) is 1. The summed E-state index contributed by atoms with van der Waals surface area (Å²) in [6.07, 6.45) is 5.41. The van der Waals surface area contributed by atoms with Gasteiger partial charge in [-0.25, -0.2) is 8.42 Å². The van der Waals surface area contributed by atoms with Gasteiger partial charge in [-0.1, -0.05) is 30.3 Å². The van der Waals surface area contributed by atoms with Gasteiger partial charge in [0, 0.05) is 32.6 Å². The van der Waals surface area contributed by atoms with Crippen LogP contribution in [0.2, 0.25) is 0 Å². The lowest BCUT2D eigenvalue weighted by Crippen LogP contribution is -2.44. The van der Waals surface area contributed by atoms with Gasteiger partial charge in [0.25, 0.3) is 10.0 Å². The minimum absolute atomic E-state index is 0.00593. The van der Waals surface area contributed by atoms with Gasteiger partial charge >= 0.3 is 0 Å². The van der Waals surface area contributed by atoms with Gasteiger partial charge < -0.3 is 4.90 Å². The molecule has 3 aliphatic rings. The summed E-state index contributed by atoms with van der Waals surface area (Å²) < 4.78 is 28.0. The minimum atomic E-state index is -3.39. The van der Waals surface area contributed by atoms with E-state index in [0.29, 0.717) is 23.7 Å². The number of hydrogen-bond acceptors (Lipinski definition) is 4. The minimum Gasteiger partial charge on any atom is -0.343 e. The molecule has 1 atom stereocenters. The molecular weight excluding hydrogens is 416 g/mol. The van der Waals surface area contributed by atoms with E-state index in [1.165, 1.54) is 22.5 Å². The Morgan fingerprint density at radius 1 is 1.03 bits per heavy atom. The Balaban J connectivity index is 1.35. The quantitative estimate of drug-likeness (QED) is 0.717. The maximum absolute atomic E-state index is 12.9. The number of piperidine rings is 1. The van der Waals surface area contributed by atoms with E-state index < -0.39 is 10.0 Å². The van der Waals surface area contributed by atoms with Crippen LogP contribution < -0.4 is 0 Å². The molecule has 0 saturated carbocycles. The Bertz CT molecular complexity index is 1020. The molecule has 0 unspecified atom stereocenters. The second-order valence-electron chi connectivity index (χ2n) is 8.90. The van der Waals surface area contributed by atoms with Crippen molar-refractivity contribution in [1.82, 2.24) is 9.21 Å². The third-order valence-electron chi connectivity index (χ3n) is 7.26. The van der Waals surface area contributed by atoms with Crippen molar-refractivity contribution >= 4 is 27.3 Å². The van der Waals surface area contributed by atoms with E-state index >= 15 is 0 Å². The number of nitrogens with zero attached hydrogens (tertiary/aromatic N) is 2. The SMILES string of the molecule is O=C(C[C@H]1CC2(CCN(S(=O)(=O)c3cccs3)CC2)c2ccccc21)N1CCCC1. The van der Waals surface area contributed by atoms with E-state index in [1.54, 1.807) is 16.4 Å². The summed E-state index contributed by atoms with van der Waals surface area (Å²) in [5.74, 6) is 0.525. The van der Waals surface area contributed by atoms with Gasteiger partial charge in [-0.3, -0.25) is 4.79 Å². The van der Waals surface area contributed by atoms with Crippen LogP contribution in [0.1, 0.15) is 55.6 Å². The first-order chi connectivity index (χ1) is 14.5. The fourth-order valence-corrected chi connectivity index (χ4v) is 8.27. The van der Waals surface area contributed by atoms with Crippen molar-refractivity contribution in [3.05, 3.63) is 52.9 Å². The highest BCUT2D eigenvalue weighted by Gasteiger charge is 2.47. The standard InChI is InChI=1S/C23H28N2O3S2/c26-21(24-11-3-4-12-24)16-18-17-23(20-7-2-1-6-19(18)20)9-13-25(14-10-23)30(27,28)22-8-5-15-29-22/h1-2,5-8,15,18H,3-4,9-14,16-17H2/t18-/m0/s1. The maximum atomic E-state index is 12.9. The normalized spacial score (nSPS) is 23.7. The summed E-state index contributed by atoms with van der Waals surface area (Å²) in [5, 5.41) is 1.81. The van der Waals surface area contributed by atoms with E-state index in [4.69, 9.17) is 0 Å². The first-order valence-electron chi connectivity index (χ1n) is 10.9. The van der Waals surface area contributed by atoms with Crippen LogP contribution >= 0.6 is 11.3 Å². The molecule has 1 spiro atoms. The molecule has 1 amide bonds. The second kappa shape index (κ2) is 7.77. The predicted octanol–water partition coefficient (Wildman–Crippen LogP) is 3.97. The molecule has 1 aliphatic carbocycles. The molecule has 160 valence electrons. The Hall–Kier alpha value is -1.70. The monoisotopic (exact) mass is 444 g/mol. The summed E-state index contributed by atoms with van der Waals surface area (Å²) in [6, 6.07) is 12.0. The average Bonchev–Trinajstić information content (AvgIpc) is 3.51. The maximum Gasteiger partial charge on any atom is 0.252 e. The summed E-state index contributed by atoms with van der Waals surface area (Å²) in [4.78, 5) is 14.9. The van der Waals surface area contributed by atoms with Crippen LogP contribution in [0.3, 0.4) is 0 Å². The number of fused-ring (bicyclic) bond motifs is 2. The topological polar surface area (TPSA) is 57.7 Å². The van der Waals surface area contributed by atoms with Crippen molar-refractivity contribution in [3.8, 4) is 0 Å². The molecule has 30 heavy (non-hydrogen) atoms. The van der Waals surface area contributed by atoms with Crippen molar-refractivity contribution in [2.75, 3.05) is 26.2 Å². The molecule has 5 rings (SSSR count). The Labute approximate surface area is 182 Å². The molecule has 0 bridgehead atoms. The van der Waals surface area contributed by atoms with Crippen molar-refractivity contribution in [3.63, 3.8) is 0 Å². The number of amides is 1. The van der Waals surface area contributed by atoms with Crippen LogP contribution in [0.15, 0.2) is 46.0 Å². The molecule has 2 saturated heterocycles. The van der Waals surface area contributed by atoms with Crippen molar-refractivity contribution in [1.29, 1.82) is 0 Å². The van der Waals surface area contributed by atoms with Crippen molar-refractivity contribution < 1.29 is 13.2 Å². The molecule has 1 aromatic heterocycles. The Morgan fingerprint density at radius 3 is 2.47 bits per heavy atom. The molecule has 5 nitrogen and oxygen atoms in total. The molecule has 2 aromatic rings. The molecular formula is C23H28N2O3S2. The van der Waals surface area contributed by atoms with Crippen LogP contribution in [-0.4, -0.2) is 49.7 Å². The van der Waals surface area contributed by atoms with Gasteiger partial charge in [-0.15, -0.1) is 11.3 Å². The van der Waals surface area contributed by atoms with Crippen LogP contribution in [0, 0.1) is 0 Å². The second-order valence-corrected chi connectivity index (χ2v) is 12.0. The molecule has 7 heteroatoms. The van der Waals surface area contributed by atoms with E-state index in [-0.39, 0.29) is 17.2 Å². The summed E-state index contributed by atoms with van der Waals surface area (Å²) in [7, 11) is -3.39. The zero-order chi connectivity index (χ0) is 20.8. The first-order valence-corrected chi connectivity index (χ1v) is 13.2. The summed E-state index contributed by atoms with van der Waals surface area (Å²) in [6.45, 7) is 2.88. The number of carbonyl (C=O) groups excluding carboxylic acids is 1. The third-order valence-corrected chi connectivity index (χ3v) is 10.5. The van der Waals surface area contributed by atoms with E-state index in [0.717, 1.165) is 45.2 Å². The number of rotatable bonds is 4. The highest BCUT2D eigenvalue weighted by molar-refractivity contribution is 7.91. The highest BCUT2D eigenvalue weighted by atomic mass is 32.2. The fourth-order valence-electron chi connectivity index (χ4n) is 5.68. The van der Waals surface area contributed by atoms with Crippen molar-refractivity contribution in [2.45, 2.75) is 54.1 Å². The lowest BCUT2D eigenvalue weighted by molar-refractivity contribution is -0.130. The molecule has 2 aliphatic heterocycles. The van der Waals surface area contributed by atoms with E-state index in [1.807, 2.05) is 10.3 Å². The number of thiophene rings is 1. The highest BCUT2D eigenvalue weighted by Crippen LogP contribution is 2.53. The first kappa shape index (κ1) is 20.2. The van der Waals surface area contributed by atoms with E-state index in [2.05, 4.69) is 24.3 Å². The van der Waals surface area contributed by atoms with Gasteiger partial charge in [-0.05, 0) is 66.0 Å². The zero-order valence-electron chi connectivity index (χ0n) is 17.1. The average molecular weight is 445 g/mol. The third kappa shape index (κ3) is 3.41. The molecule has 0 N–H and O–H groups in total. The smallest absolute Gasteiger partial charge is 0.252 e. The van der Waals surface area contributed by atoms with Crippen LogP contribution in [0.4, 0.5) is 0 Å². The predicted molar refractivity (Wildman–Crippen MR) is 118 cm³/mol. The zero-order valence-corrected chi connectivity index (χ0v) is 18.8. The summed E-state index contributed by atoms with van der Waals surface area (Å²) >= 11 is 1.28. The number of carbonyl (C=O) groups is 1. The van der Waals surface area contributed by atoms with Crippen LogP contribution in [0.5, 0.6) is 0 Å². The lowest BCUT2D eigenvalue weighted by Gasteiger charge is -2.39. The number of hydrogen-bond donors (Lipinski definition) is 0. The van der Waals surface area contributed by atoms with Gasteiger partial charge in [-0.2, -0.15) is 4.31 Å². The fraction of sp³-hybridized carbons (Fsp3) is 0.522. The van der Waals surface area contributed by atoms with Crippen LogP contribution in [-0.2, 0) is 20.2 Å².